The van der Waals surface area contributed by atoms with E-state index >= 15 is 0 Å². The molecule has 0 aromatic heterocycles. The summed E-state index contributed by atoms with van der Waals surface area (Å²) < 4.78 is 64.0. The molecule has 20 N–H and O–H groups in total. The number of rotatable bonds is 16. The Morgan fingerprint density at radius 2 is 0.805 bits per heavy atom. The molecule has 474 valence electrons. The van der Waals surface area contributed by atoms with Gasteiger partial charge in [0.1, 0.15) is 97.7 Å². The van der Waals surface area contributed by atoms with Gasteiger partial charge in [-0.15, -0.1) is 0 Å². The molecule has 0 aliphatic carbocycles. The fourth-order valence-corrected chi connectivity index (χ4v) is 7.76. The average molecular weight is 1200 g/mol. The van der Waals surface area contributed by atoms with Gasteiger partial charge in [0.2, 0.25) is 0 Å². The van der Waals surface area contributed by atoms with Crippen molar-refractivity contribution in [3.8, 4) is 0 Å². The number of nitrogens with two attached hydrogens (primary N) is 2. The van der Waals surface area contributed by atoms with Crippen molar-refractivity contribution in [1.82, 2.24) is 0 Å². The van der Waals surface area contributed by atoms with Crippen molar-refractivity contribution >= 4 is 18.5 Å². The van der Waals surface area contributed by atoms with Crippen LogP contribution in [0.15, 0.2) is 5.11 Å². The van der Waals surface area contributed by atoms with Crippen LogP contribution < -0.4 is 30.3 Å². The summed E-state index contributed by atoms with van der Waals surface area (Å²) in [5.41, 5.74) is 18.9. The van der Waals surface area contributed by atoms with Gasteiger partial charge in [0, 0.05) is 24.5 Å². The van der Waals surface area contributed by atoms with E-state index in [1.165, 1.54) is 0 Å². The van der Waals surface area contributed by atoms with E-state index in [0.29, 0.717) is 6.61 Å². The van der Waals surface area contributed by atoms with Crippen LogP contribution in [0, 0.1) is 11.8 Å². The van der Waals surface area contributed by atoms with E-state index in [4.69, 9.17) is 103 Å². The van der Waals surface area contributed by atoms with Gasteiger partial charge in [-0.25, -0.2) is 0 Å². The average Bonchev–Trinajstić information content (AvgIpc) is 3.41. The molecule has 6 aliphatic heterocycles. The number of azide groups is 1. The molecule has 6 rings (SSSR count). The number of hydrogen-bond acceptors (Lipinski definition) is 35. The molecule has 6 saturated heterocycles. The van der Waals surface area contributed by atoms with E-state index in [2.05, 4.69) is 10.0 Å². The zero-order valence-corrected chi connectivity index (χ0v) is 45.2. The third-order valence-corrected chi connectivity index (χ3v) is 12.3. The Kier molecular flexibility index (Phi) is 44.9. The minimum atomic E-state index is -1.53. The van der Waals surface area contributed by atoms with Gasteiger partial charge in [-0.2, -0.15) is 28.8 Å². The van der Waals surface area contributed by atoms with Gasteiger partial charge >= 0.3 is 37.3 Å². The Bertz CT molecular complexity index is 1800. The summed E-state index contributed by atoms with van der Waals surface area (Å²) in [6.45, 7) is 7.73. The minimum absolute atomic E-state index is 0. The van der Waals surface area contributed by atoms with Crippen molar-refractivity contribution < 1.29 is 182 Å². The van der Waals surface area contributed by atoms with Crippen molar-refractivity contribution in [2.24, 2.45) is 28.4 Å². The van der Waals surface area contributed by atoms with E-state index in [-0.39, 0.29) is 119 Å². The van der Waals surface area contributed by atoms with Gasteiger partial charge in [-0.3, -0.25) is 0 Å². The molecule has 0 aromatic carbocycles. The van der Waals surface area contributed by atoms with Gasteiger partial charge in [0.15, 0.2) is 37.7 Å². The molecule has 26 atom stereocenters. The second kappa shape index (κ2) is 44.4. The summed E-state index contributed by atoms with van der Waals surface area (Å²) in [5.74, 6) is 0.135. The predicted molar refractivity (Wildman–Crippen MR) is 249 cm³/mol. The van der Waals surface area contributed by atoms with Crippen molar-refractivity contribution in [2.45, 2.75) is 175 Å². The number of carbonyl (C=O) groups excluding carboxylic acids is 6. The molecular formula is C43H78LiN5O33. The molecule has 0 bridgehead atoms. The van der Waals surface area contributed by atoms with Crippen molar-refractivity contribution in [1.29, 1.82) is 0 Å². The van der Waals surface area contributed by atoms with Crippen LogP contribution in [0.3, 0.4) is 0 Å². The van der Waals surface area contributed by atoms with Crippen LogP contribution in [-0.4, -0.2) is 309 Å². The smallest absolute Gasteiger partial charge is 0.870 e. The maximum atomic E-state index is 10.4. The van der Waals surface area contributed by atoms with Crippen molar-refractivity contribution in [2.75, 3.05) is 65.9 Å². The largest absolute Gasteiger partial charge is 1.00 e. The first-order valence-corrected chi connectivity index (χ1v) is 24.3. The number of aliphatic hydroxyl groups is 13. The van der Waals surface area contributed by atoms with Crippen molar-refractivity contribution in [3.05, 3.63) is 10.4 Å². The quantitative estimate of drug-likeness (QED) is 0.0224. The molecular weight excluding hydrogens is 1120 g/mol. The van der Waals surface area contributed by atoms with E-state index < -0.39 is 148 Å². The maximum Gasteiger partial charge on any atom is 1.00 e. The van der Waals surface area contributed by atoms with Crippen LogP contribution in [0.4, 0.5) is 0 Å². The van der Waals surface area contributed by atoms with E-state index in [1.54, 1.807) is 13.8 Å². The topological polar surface area (TPSA) is 638 Å². The standard InChI is InChI=1S/C15H27N3O7.C13H25NO9.C12H23NO9.3CO2.Li.2H2O/c1-7-6-23-14(10(19)8(7)2)25-13-11(20)9(3)24-15(12(13)21)22-5-4-17-18-16;1-5-7(16)11(10(19)13(22-5)20-3-2-14)23-12-9(18)8(17)6(15)4-21-12;13-1-2-19-11-9(18)10(6(15)4-20-11)22-12-8(17)7(16)5(14)3-21-12;3*2-1-3;;;/h7-15,19-21H,4-6H2,1-3H3;5-13,15-19H,2-4,14H2,1H3;5-12,14-18H,1-4,13H2;;;;;2*1H2/q;;;;;;+1;;/p-1/t7-,8+,9?,10?,11-,12?,13+,14-,15-;5?,6-,7-,8+,9?,10?,11+,12-,13-;5-,6-,7+,8?,9?,10+,11-,12-;;;;;;/m111....../s1. The zero-order valence-electron chi connectivity index (χ0n) is 45.2. The number of nitrogens with zero attached hydrogens (tertiary/aromatic N) is 3. The summed E-state index contributed by atoms with van der Waals surface area (Å²) in [5, 5.41) is 133. The van der Waals surface area contributed by atoms with Crippen LogP contribution in [0.5, 0.6) is 0 Å². The number of aliphatic hydroxyl groups excluding tert-OH is 13. The molecule has 0 saturated carbocycles. The molecule has 39 heteroatoms. The fourth-order valence-electron chi connectivity index (χ4n) is 7.76. The zero-order chi connectivity index (χ0) is 60.1. The molecule has 8 unspecified atom stereocenters. The Morgan fingerprint density at radius 3 is 1.21 bits per heavy atom. The molecule has 82 heavy (non-hydrogen) atoms. The summed E-state index contributed by atoms with van der Waals surface area (Å²) in [6.07, 6.45) is -27.5. The first kappa shape index (κ1) is 83.1. The molecule has 6 fully saturated rings. The van der Waals surface area contributed by atoms with Crippen LogP contribution in [0.1, 0.15) is 27.7 Å². The SMILES string of the molecule is CC1O[C@@H](OCCN)C(O)[C@@H](O[C@H]2OC[C@@H](O)[C@H](O)C2O)[C@@H]1O.CC1O[C@@H](OCCN=[N+]=[N-])C(O)[C@@H](O[C@H]2OC[C@@H](C)[C@H](C)C2O)[C@@H]1O.NCCO[C@@H]1OC[C@@H](O)[C@H](O[C@H]2OC[C@@H](O)[C@H](O)C2O)C1O.O.O=C=O.O=C=O.O=C=O.[Li+].[OH-]. The molecule has 0 amide bonds. The Morgan fingerprint density at radius 1 is 0.476 bits per heavy atom. The Hall–Kier alpha value is -3.11. The molecule has 0 spiro atoms. The van der Waals surface area contributed by atoms with Gasteiger partial charge in [0.25, 0.3) is 0 Å². The molecule has 38 nitrogen and oxygen atoms in total. The monoisotopic (exact) mass is 1200 g/mol. The van der Waals surface area contributed by atoms with E-state index in [1.807, 2.05) is 13.8 Å². The van der Waals surface area contributed by atoms with Gasteiger partial charge < -0.3 is 146 Å². The third kappa shape index (κ3) is 25.8. The Labute approximate surface area is 479 Å². The third-order valence-electron chi connectivity index (χ3n) is 12.3. The second-order valence-corrected chi connectivity index (χ2v) is 17.9. The first-order chi connectivity index (χ1) is 37.4. The summed E-state index contributed by atoms with van der Waals surface area (Å²) in [4.78, 5) is 51.4. The van der Waals surface area contributed by atoms with Crippen LogP contribution in [-0.2, 0) is 85.6 Å². The molecule has 0 aromatic rings. The summed E-state index contributed by atoms with van der Waals surface area (Å²) >= 11 is 0. The van der Waals surface area contributed by atoms with Crippen LogP contribution >= 0.6 is 0 Å². The van der Waals surface area contributed by atoms with Gasteiger partial charge in [-0.1, -0.05) is 19.0 Å². The molecule has 6 heterocycles. The number of ether oxygens (including phenoxy) is 12. The fraction of sp³-hybridized carbons (Fsp3) is 0.930. The number of hydrogen-bond donors (Lipinski definition) is 15. The normalized spacial score (nSPS) is 40.1. The molecule has 0 radical (unpaired) electrons. The second-order valence-electron chi connectivity index (χ2n) is 17.9. The van der Waals surface area contributed by atoms with Crippen molar-refractivity contribution in [3.63, 3.8) is 0 Å². The van der Waals surface area contributed by atoms with E-state index in [0.717, 1.165) is 0 Å². The predicted octanol–water partition coefficient (Wildman–Crippen LogP) is -13.5. The first-order valence-electron chi connectivity index (χ1n) is 24.3. The maximum absolute atomic E-state index is 10.4. The summed E-state index contributed by atoms with van der Waals surface area (Å²) in [7, 11) is 0. The minimum Gasteiger partial charge on any atom is -0.870 e. The van der Waals surface area contributed by atoms with Crippen LogP contribution in [0.25, 0.3) is 10.4 Å². The van der Waals surface area contributed by atoms with Gasteiger partial charge in [-0.05, 0) is 31.2 Å². The Balaban J connectivity index is -0.00000104. The van der Waals surface area contributed by atoms with Gasteiger partial charge in [0.05, 0.1) is 58.5 Å². The van der Waals surface area contributed by atoms with E-state index in [9.17, 15) is 66.4 Å². The van der Waals surface area contributed by atoms with Crippen LogP contribution in [0.2, 0.25) is 0 Å². The summed E-state index contributed by atoms with van der Waals surface area (Å²) in [6, 6.07) is 0. The molecule has 6 aliphatic rings.